The summed E-state index contributed by atoms with van der Waals surface area (Å²) in [4.78, 5) is 36.8. The summed E-state index contributed by atoms with van der Waals surface area (Å²) in [5, 5.41) is 11.2. The van der Waals surface area contributed by atoms with Gasteiger partial charge in [0.1, 0.15) is 19.3 Å². The van der Waals surface area contributed by atoms with Gasteiger partial charge in [-0.2, -0.15) is 0 Å². The second-order valence-corrected chi connectivity index (χ2v) is 7.76. The van der Waals surface area contributed by atoms with Crippen molar-refractivity contribution in [2.75, 3.05) is 26.3 Å². The van der Waals surface area contributed by atoms with Crippen LogP contribution in [0.2, 0.25) is 0 Å². The first-order valence-corrected chi connectivity index (χ1v) is 10.2. The van der Waals surface area contributed by atoms with Crippen molar-refractivity contribution in [3.05, 3.63) is 59.7 Å². The van der Waals surface area contributed by atoms with Gasteiger partial charge in [0.05, 0.1) is 6.10 Å². The van der Waals surface area contributed by atoms with Crippen LogP contribution in [0.3, 0.4) is 0 Å². The molecule has 31 heavy (non-hydrogen) atoms. The molecule has 4 rings (SSSR count). The first kappa shape index (κ1) is 20.9. The second-order valence-electron chi connectivity index (χ2n) is 7.76. The van der Waals surface area contributed by atoms with Crippen LogP contribution >= 0.6 is 0 Å². The number of fused-ring (bicyclic) bond motifs is 3. The van der Waals surface area contributed by atoms with E-state index in [2.05, 4.69) is 17.4 Å². The molecule has 0 radical (unpaired) electrons. The molecule has 1 heterocycles. The smallest absolute Gasteiger partial charge is 0.407 e. The third kappa shape index (κ3) is 4.39. The van der Waals surface area contributed by atoms with E-state index in [-0.39, 0.29) is 31.1 Å². The van der Waals surface area contributed by atoms with Gasteiger partial charge in [-0.3, -0.25) is 4.79 Å². The zero-order valence-corrected chi connectivity index (χ0v) is 17.1. The highest BCUT2D eigenvalue weighted by molar-refractivity contribution is 5.86. The van der Waals surface area contributed by atoms with Crippen molar-refractivity contribution in [1.82, 2.24) is 10.2 Å². The summed E-state index contributed by atoms with van der Waals surface area (Å²) in [6.07, 6.45) is -0.941. The Morgan fingerprint density at radius 3 is 2.23 bits per heavy atom. The molecule has 0 aromatic heterocycles. The van der Waals surface area contributed by atoms with Crippen molar-refractivity contribution in [2.24, 2.45) is 0 Å². The monoisotopic (exact) mass is 424 g/mol. The van der Waals surface area contributed by atoms with Gasteiger partial charge in [-0.1, -0.05) is 48.5 Å². The number of hydrogen-bond donors (Lipinski definition) is 2. The zero-order valence-electron chi connectivity index (χ0n) is 17.1. The summed E-state index contributed by atoms with van der Waals surface area (Å²) in [7, 11) is 0. The van der Waals surface area contributed by atoms with Gasteiger partial charge in [-0.25, -0.2) is 9.59 Å². The Morgan fingerprint density at radius 2 is 1.65 bits per heavy atom. The number of likely N-dealkylation sites (tertiary alicyclic amines) is 1. The minimum Gasteiger partial charge on any atom is -0.480 e. The molecule has 2 amide bonds. The van der Waals surface area contributed by atoms with Crippen LogP contribution in [0, 0.1) is 0 Å². The van der Waals surface area contributed by atoms with Gasteiger partial charge in [0, 0.05) is 19.0 Å². The van der Waals surface area contributed by atoms with Crippen molar-refractivity contribution in [1.29, 1.82) is 0 Å². The average Bonchev–Trinajstić information content (AvgIpc) is 3.04. The van der Waals surface area contributed by atoms with Gasteiger partial charge in [0.25, 0.3) is 0 Å². The van der Waals surface area contributed by atoms with Crippen molar-refractivity contribution in [3.8, 4) is 11.1 Å². The number of alkyl carbamates (subject to hydrolysis) is 1. The van der Waals surface area contributed by atoms with E-state index in [0.717, 1.165) is 22.3 Å². The van der Waals surface area contributed by atoms with E-state index in [1.165, 1.54) is 4.90 Å². The lowest BCUT2D eigenvalue weighted by Crippen LogP contribution is -2.59. The quantitative estimate of drug-likeness (QED) is 0.706. The molecule has 0 saturated carbocycles. The Kier molecular flexibility index (Phi) is 5.90. The highest BCUT2D eigenvalue weighted by Gasteiger charge is 2.35. The number of carboxylic acids is 1. The van der Waals surface area contributed by atoms with E-state index in [4.69, 9.17) is 14.6 Å². The van der Waals surface area contributed by atoms with Crippen LogP contribution in [-0.4, -0.2) is 66.4 Å². The number of carbonyl (C=O) groups is 3. The van der Waals surface area contributed by atoms with Crippen LogP contribution in [0.5, 0.6) is 0 Å². The fraction of sp³-hybridized carbons (Fsp3) is 0.348. The predicted molar refractivity (Wildman–Crippen MR) is 112 cm³/mol. The molecule has 2 aromatic rings. The number of nitrogens with one attached hydrogen (secondary N) is 1. The SMILES string of the molecule is CC(NC(=O)OCC1c2ccccc2-c2ccccc21)C(=O)N1CC(OCC(=O)O)C1. The molecule has 8 nitrogen and oxygen atoms in total. The van der Waals surface area contributed by atoms with E-state index >= 15 is 0 Å². The number of rotatable bonds is 7. The van der Waals surface area contributed by atoms with E-state index in [1.807, 2.05) is 36.4 Å². The Labute approximate surface area is 179 Å². The lowest BCUT2D eigenvalue weighted by Gasteiger charge is -2.39. The summed E-state index contributed by atoms with van der Waals surface area (Å²) >= 11 is 0. The maximum Gasteiger partial charge on any atom is 0.407 e. The van der Waals surface area contributed by atoms with E-state index in [9.17, 15) is 14.4 Å². The molecular formula is C23H24N2O6. The normalized spacial score (nSPS) is 16.1. The maximum absolute atomic E-state index is 12.4. The van der Waals surface area contributed by atoms with Gasteiger partial charge in [-0.05, 0) is 29.2 Å². The molecule has 2 aromatic carbocycles. The lowest BCUT2D eigenvalue weighted by molar-refractivity contribution is -0.155. The number of ether oxygens (including phenoxy) is 2. The van der Waals surface area contributed by atoms with Crippen LogP contribution in [0.4, 0.5) is 4.79 Å². The second kappa shape index (κ2) is 8.77. The zero-order chi connectivity index (χ0) is 22.0. The van der Waals surface area contributed by atoms with E-state index in [0.29, 0.717) is 13.1 Å². The molecular weight excluding hydrogens is 400 g/mol. The summed E-state index contributed by atoms with van der Waals surface area (Å²) in [6, 6.07) is 15.4. The lowest BCUT2D eigenvalue weighted by atomic mass is 9.98. The van der Waals surface area contributed by atoms with Crippen LogP contribution in [0.25, 0.3) is 11.1 Å². The first-order chi connectivity index (χ1) is 14.9. The molecule has 1 atom stereocenters. The Bertz CT molecular complexity index is 956. The van der Waals surface area contributed by atoms with E-state index in [1.54, 1.807) is 6.92 Å². The fourth-order valence-corrected chi connectivity index (χ4v) is 4.07. The highest BCUT2D eigenvalue weighted by atomic mass is 16.5. The van der Waals surface area contributed by atoms with Gasteiger partial charge < -0.3 is 24.8 Å². The van der Waals surface area contributed by atoms with Crippen molar-refractivity contribution < 1.29 is 29.0 Å². The minimum atomic E-state index is -1.05. The number of hydrogen-bond acceptors (Lipinski definition) is 5. The van der Waals surface area contributed by atoms with Crippen LogP contribution in [-0.2, 0) is 19.1 Å². The Hall–Kier alpha value is -3.39. The molecule has 1 aliphatic carbocycles. The predicted octanol–water partition coefficient (Wildman–Crippen LogP) is 2.23. The van der Waals surface area contributed by atoms with Gasteiger partial charge in [-0.15, -0.1) is 0 Å². The number of carboxylic acid groups (broad SMARTS) is 1. The molecule has 2 N–H and O–H groups in total. The van der Waals surface area contributed by atoms with Gasteiger partial charge >= 0.3 is 12.1 Å². The number of nitrogens with zero attached hydrogens (tertiary/aromatic N) is 1. The van der Waals surface area contributed by atoms with Crippen LogP contribution in [0.15, 0.2) is 48.5 Å². The molecule has 2 aliphatic rings. The molecule has 8 heteroatoms. The largest absolute Gasteiger partial charge is 0.480 e. The number of benzene rings is 2. The Morgan fingerprint density at radius 1 is 1.06 bits per heavy atom. The summed E-state index contributed by atoms with van der Waals surface area (Å²) in [6.45, 7) is 2.00. The average molecular weight is 424 g/mol. The molecule has 162 valence electrons. The summed E-state index contributed by atoms with van der Waals surface area (Å²) in [5.74, 6) is -1.36. The van der Waals surface area contributed by atoms with Crippen molar-refractivity contribution in [3.63, 3.8) is 0 Å². The van der Waals surface area contributed by atoms with Crippen LogP contribution in [0.1, 0.15) is 24.0 Å². The van der Waals surface area contributed by atoms with E-state index < -0.39 is 18.1 Å². The summed E-state index contributed by atoms with van der Waals surface area (Å²) in [5.41, 5.74) is 4.53. The standard InChI is InChI=1S/C23H24N2O6/c1-14(22(28)25-10-15(11-25)30-13-21(26)27)24-23(29)31-12-20-18-8-4-2-6-16(18)17-7-3-5-9-19(17)20/h2-9,14-15,20H,10-13H2,1H3,(H,24,29)(H,26,27). The first-order valence-electron chi connectivity index (χ1n) is 10.2. The van der Waals surface area contributed by atoms with Gasteiger partial charge in [0.2, 0.25) is 5.91 Å². The topological polar surface area (TPSA) is 105 Å². The fourth-order valence-electron chi connectivity index (χ4n) is 4.07. The molecule has 0 spiro atoms. The highest BCUT2D eigenvalue weighted by Crippen LogP contribution is 2.44. The third-order valence-electron chi connectivity index (χ3n) is 5.65. The molecule has 1 unspecified atom stereocenters. The van der Waals surface area contributed by atoms with Gasteiger partial charge in [0.15, 0.2) is 0 Å². The number of amides is 2. The Balaban J connectivity index is 1.28. The third-order valence-corrected chi connectivity index (χ3v) is 5.65. The maximum atomic E-state index is 12.4. The summed E-state index contributed by atoms with van der Waals surface area (Å²) < 4.78 is 10.6. The van der Waals surface area contributed by atoms with Crippen molar-refractivity contribution in [2.45, 2.75) is 25.0 Å². The number of carbonyl (C=O) groups excluding carboxylic acids is 2. The van der Waals surface area contributed by atoms with Crippen molar-refractivity contribution >= 4 is 18.0 Å². The molecule has 1 fully saturated rings. The van der Waals surface area contributed by atoms with Crippen LogP contribution < -0.4 is 5.32 Å². The number of aliphatic carboxylic acids is 1. The molecule has 1 aliphatic heterocycles. The molecule has 0 bridgehead atoms. The minimum absolute atomic E-state index is 0.0494. The molecule has 1 saturated heterocycles.